The number of hydrogen-bond acceptors (Lipinski definition) is 5. The normalized spacial score (nSPS) is 26.3. The number of carboxylic acid groups (broad SMARTS) is 1. The largest absolute Gasteiger partial charge is 0.489 e. The van der Waals surface area contributed by atoms with Gasteiger partial charge in [0.1, 0.15) is 12.4 Å². The van der Waals surface area contributed by atoms with Crippen LogP contribution in [0.1, 0.15) is 74.6 Å². The average molecular weight is 596 g/mol. The van der Waals surface area contributed by atoms with Crippen molar-refractivity contribution in [2.75, 3.05) is 19.6 Å². The van der Waals surface area contributed by atoms with Crippen LogP contribution in [0.3, 0.4) is 0 Å². The van der Waals surface area contributed by atoms with Gasteiger partial charge in [0, 0.05) is 56.0 Å². The smallest absolute Gasteiger partial charge is 0.310 e. The number of benzene rings is 1. The highest BCUT2D eigenvalue weighted by Crippen LogP contribution is 2.54. The minimum atomic E-state index is -1.14. The maximum absolute atomic E-state index is 14.4. The number of hydrogen-bond donors (Lipinski definition) is 1. The van der Waals surface area contributed by atoms with Gasteiger partial charge in [0.15, 0.2) is 0 Å². The summed E-state index contributed by atoms with van der Waals surface area (Å²) in [5.74, 6) is -1.14. The van der Waals surface area contributed by atoms with Gasteiger partial charge in [-0.1, -0.05) is 24.4 Å². The first-order valence-corrected chi connectivity index (χ1v) is 15.3. The van der Waals surface area contributed by atoms with Gasteiger partial charge < -0.3 is 24.2 Å². The molecule has 2 aliphatic carbocycles. The molecule has 3 heterocycles. The van der Waals surface area contributed by atoms with Gasteiger partial charge in [0.05, 0.1) is 17.4 Å². The molecule has 1 spiro atoms. The van der Waals surface area contributed by atoms with E-state index >= 15 is 0 Å². The summed E-state index contributed by atoms with van der Waals surface area (Å²) >= 11 is 6.74. The van der Waals surface area contributed by atoms with E-state index in [0.29, 0.717) is 61.7 Å². The Kier molecular flexibility index (Phi) is 7.36. The number of ether oxygens (including phenoxy) is 1. The zero-order valence-corrected chi connectivity index (χ0v) is 25.0. The second-order valence-electron chi connectivity index (χ2n) is 13.0. The molecule has 0 radical (unpaired) electrons. The van der Waals surface area contributed by atoms with Crippen LogP contribution in [0.2, 0.25) is 5.02 Å². The van der Waals surface area contributed by atoms with E-state index in [4.69, 9.17) is 16.3 Å². The number of aliphatic carboxylic acids is 1. The van der Waals surface area contributed by atoms with Crippen molar-refractivity contribution < 1.29 is 24.2 Å². The van der Waals surface area contributed by atoms with Crippen molar-refractivity contribution in [1.29, 1.82) is 0 Å². The molecular formula is C32H38ClN3O6. The number of fused-ring (bicyclic) bond motifs is 1. The molecule has 10 heteroatoms. The second-order valence-corrected chi connectivity index (χ2v) is 13.4. The monoisotopic (exact) mass is 595 g/mol. The van der Waals surface area contributed by atoms with Crippen molar-refractivity contribution >= 4 is 29.4 Å². The van der Waals surface area contributed by atoms with Crippen molar-refractivity contribution in [3.05, 3.63) is 62.5 Å². The molecule has 6 rings (SSSR count). The van der Waals surface area contributed by atoms with Gasteiger partial charge >= 0.3 is 5.97 Å². The van der Waals surface area contributed by atoms with Gasteiger partial charge in [0.2, 0.25) is 11.8 Å². The fourth-order valence-electron chi connectivity index (χ4n) is 7.25. The second kappa shape index (κ2) is 10.7. The van der Waals surface area contributed by atoms with E-state index < -0.39 is 23.3 Å². The molecule has 1 aromatic heterocycles. The maximum atomic E-state index is 14.4. The Balaban J connectivity index is 1.38. The fourth-order valence-corrected chi connectivity index (χ4v) is 7.51. The Bertz CT molecular complexity index is 1500. The van der Waals surface area contributed by atoms with Crippen LogP contribution in [0.4, 0.5) is 0 Å². The lowest BCUT2D eigenvalue weighted by Gasteiger charge is -2.45. The number of aromatic nitrogens is 1. The molecule has 1 saturated heterocycles. The number of aryl methyl sites for hydroxylation is 1. The number of nitrogens with zero attached hydrogens (tertiary/aromatic N) is 3. The van der Waals surface area contributed by atoms with Gasteiger partial charge in [-0.2, -0.15) is 0 Å². The molecule has 224 valence electrons. The molecule has 2 aliphatic heterocycles. The molecule has 0 bridgehead atoms. The molecule has 42 heavy (non-hydrogen) atoms. The van der Waals surface area contributed by atoms with Crippen LogP contribution in [0.25, 0.3) is 0 Å². The van der Waals surface area contributed by atoms with Crippen LogP contribution < -0.4 is 10.3 Å². The molecule has 3 fully saturated rings. The number of rotatable bonds is 7. The Hall–Kier alpha value is -3.33. The predicted octanol–water partition coefficient (Wildman–Crippen LogP) is 4.34. The maximum Gasteiger partial charge on any atom is 0.310 e. The van der Waals surface area contributed by atoms with Crippen molar-refractivity contribution in [3.8, 4) is 5.75 Å². The predicted molar refractivity (Wildman–Crippen MR) is 156 cm³/mol. The SMILES string of the molecule is Cn1ccc(COc2ccc(Cl)c3c2C(CN2CC4(CC4)CC2=O)N(C(=O)C2CCCC[C@]2(C)C(=O)O)CC3)cc1=O. The number of carbonyl (C=O) groups is 3. The van der Waals surface area contributed by atoms with E-state index in [2.05, 4.69) is 0 Å². The summed E-state index contributed by atoms with van der Waals surface area (Å²) in [4.78, 5) is 55.8. The Morgan fingerprint density at radius 1 is 1.14 bits per heavy atom. The minimum absolute atomic E-state index is 0.0574. The molecule has 2 unspecified atom stereocenters. The van der Waals surface area contributed by atoms with Crippen molar-refractivity contribution in [1.82, 2.24) is 14.4 Å². The first-order valence-electron chi connectivity index (χ1n) is 14.9. The third-order valence-electron chi connectivity index (χ3n) is 10.2. The van der Waals surface area contributed by atoms with E-state index in [9.17, 15) is 24.3 Å². The van der Waals surface area contributed by atoms with Crippen LogP contribution in [0.5, 0.6) is 5.75 Å². The lowest BCUT2D eigenvalue weighted by Crippen LogP contribution is -2.52. The first-order chi connectivity index (χ1) is 20.0. The lowest BCUT2D eigenvalue weighted by molar-refractivity contribution is -0.162. The number of carboxylic acids is 1. The summed E-state index contributed by atoms with van der Waals surface area (Å²) in [6.07, 6.45) is 7.35. The van der Waals surface area contributed by atoms with Gasteiger partial charge in [0.25, 0.3) is 5.56 Å². The van der Waals surface area contributed by atoms with E-state index in [1.807, 2.05) is 11.0 Å². The topological polar surface area (TPSA) is 109 Å². The summed E-state index contributed by atoms with van der Waals surface area (Å²) in [6, 6.07) is 6.40. The average Bonchev–Trinajstić information content (AvgIpc) is 3.64. The quantitative estimate of drug-likeness (QED) is 0.510. The van der Waals surface area contributed by atoms with E-state index in [-0.39, 0.29) is 29.4 Å². The molecule has 1 N–H and O–H groups in total. The number of carbonyl (C=O) groups excluding carboxylic acids is 2. The van der Waals surface area contributed by atoms with E-state index in [0.717, 1.165) is 36.8 Å². The van der Waals surface area contributed by atoms with Crippen LogP contribution in [0, 0.1) is 16.7 Å². The Morgan fingerprint density at radius 2 is 1.93 bits per heavy atom. The van der Waals surface area contributed by atoms with Gasteiger partial charge in [-0.15, -0.1) is 0 Å². The molecule has 4 aliphatic rings. The molecular weight excluding hydrogens is 558 g/mol. The Morgan fingerprint density at radius 3 is 2.62 bits per heavy atom. The third-order valence-corrected chi connectivity index (χ3v) is 10.5. The molecule has 1 aromatic carbocycles. The van der Waals surface area contributed by atoms with Gasteiger partial charge in [-0.05, 0) is 73.8 Å². The Labute approximate surface area is 250 Å². The zero-order chi connectivity index (χ0) is 29.8. The highest BCUT2D eigenvalue weighted by atomic mass is 35.5. The molecule has 9 nitrogen and oxygen atoms in total. The number of pyridine rings is 1. The zero-order valence-electron chi connectivity index (χ0n) is 24.2. The summed E-state index contributed by atoms with van der Waals surface area (Å²) in [5.41, 5.74) is 1.13. The lowest BCUT2D eigenvalue weighted by atomic mass is 9.66. The highest BCUT2D eigenvalue weighted by Gasteiger charge is 2.53. The van der Waals surface area contributed by atoms with E-state index in [1.54, 1.807) is 37.2 Å². The fraction of sp³-hybridized carbons (Fsp3) is 0.562. The minimum Gasteiger partial charge on any atom is -0.489 e. The molecule has 2 saturated carbocycles. The number of amides is 2. The van der Waals surface area contributed by atoms with Crippen LogP contribution in [-0.2, 0) is 34.5 Å². The first kappa shape index (κ1) is 28.8. The van der Waals surface area contributed by atoms with E-state index in [1.165, 1.54) is 10.6 Å². The highest BCUT2D eigenvalue weighted by molar-refractivity contribution is 6.31. The molecule has 2 aromatic rings. The molecule has 3 atom stereocenters. The summed E-state index contributed by atoms with van der Waals surface area (Å²) in [7, 11) is 1.69. The van der Waals surface area contributed by atoms with Crippen LogP contribution >= 0.6 is 11.6 Å². The van der Waals surface area contributed by atoms with Crippen molar-refractivity contribution in [2.45, 2.75) is 70.9 Å². The summed E-state index contributed by atoms with van der Waals surface area (Å²) < 4.78 is 7.81. The van der Waals surface area contributed by atoms with Gasteiger partial charge in [-0.3, -0.25) is 19.2 Å². The van der Waals surface area contributed by atoms with Crippen LogP contribution in [-0.4, -0.2) is 56.9 Å². The standard InChI is InChI=1S/C32H38ClN3O6/c1-31(30(40)41)10-4-3-5-22(31)29(39)36-14-9-21-23(33)6-7-25(42-18-20-8-13-34(2)26(37)15-20)28(21)24(36)17-35-19-32(11-12-32)16-27(35)38/h6-8,13,15,22,24H,3-5,9-12,14,16-19H2,1-2H3,(H,40,41)/t22?,24?,31-/m0/s1. The van der Waals surface area contributed by atoms with Crippen LogP contribution in [0.15, 0.2) is 35.3 Å². The third kappa shape index (κ3) is 5.10. The van der Waals surface area contributed by atoms with Gasteiger partial charge in [-0.25, -0.2) is 0 Å². The number of halogens is 1. The van der Waals surface area contributed by atoms with Crippen molar-refractivity contribution in [2.24, 2.45) is 23.8 Å². The van der Waals surface area contributed by atoms with Crippen molar-refractivity contribution in [3.63, 3.8) is 0 Å². The summed E-state index contributed by atoms with van der Waals surface area (Å²) in [6.45, 7) is 3.20. The summed E-state index contributed by atoms with van der Waals surface area (Å²) in [5, 5.41) is 10.8. The molecule has 2 amide bonds. The number of likely N-dealkylation sites (tertiary alicyclic amines) is 1.